The van der Waals surface area contributed by atoms with Gasteiger partial charge in [-0.3, -0.25) is 14.6 Å². The molecular formula is C23H25N6O+. The highest BCUT2D eigenvalue weighted by Gasteiger charge is 2.21. The number of fused-ring (bicyclic) bond motifs is 1. The quantitative estimate of drug-likeness (QED) is 0.518. The third kappa shape index (κ3) is 3.70. The van der Waals surface area contributed by atoms with E-state index in [2.05, 4.69) is 11.1 Å². The van der Waals surface area contributed by atoms with Crippen molar-refractivity contribution in [1.29, 1.82) is 10.7 Å². The minimum atomic E-state index is 0.0616. The maximum Gasteiger partial charge on any atom is 0.254 e. The van der Waals surface area contributed by atoms with Crippen LogP contribution in [0.3, 0.4) is 0 Å². The highest BCUT2D eigenvalue weighted by atomic mass is 16.2. The molecule has 3 N–H and O–H groups in total. The van der Waals surface area contributed by atoms with Gasteiger partial charge in [0.05, 0.1) is 35.8 Å². The van der Waals surface area contributed by atoms with E-state index in [0.29, 0.717) is 28.2 Å². The summed E-state index contributed by atoms with van der Waals surface area (Å²) in [6, 6.07) is 11.1. The fraction of sp³-hybridized carbons (Fsp3) is 0.304. The second-order valence-corrected chi connectivity index (χ2v) is 7.57. The summed E-state index contributed by atoms with van der Waals surface area (Å²) in [6.07, 6.45) is 7.81. The third-order valence-corrected chi connectivity index (χ3v) is 5.66. The van der Waals surface area contributed by atoms with Crippen molar-refractivity contribution in [2.75, 3.05) is 20.1 Å². The van der Waals surface area contributed by atoms with Crippen LogP contribution >= 0.6 is 0 Å². The van der Waals surface area contributed by atoms with Gasteiger partial charge in [-0.05, 0) is 37.1 Å². The molecular weight excluding hydrogens is 376 g/mol. The Labute approximate surface area is 175 Å². The second kappa shape index (κ2) is 8.47. The SMILES string of the molecule is C[NH2+]c1cc(C(=O)N2CCCCCC2)ccc1C(=N)c1cnc2ccc(C#N)cn12. The Morgan fingerprint density at radius 3 is 2.63 bits per heavy atom. The highest BCUT2D eigenvalue weighted by molar-refractivity contribution is 6.13. The molecule has 1 aliphatic heterocycles. The smallest absolute Gasteiger partial charge is 0.254 e. The molecule has 0 atom stereocenters. The van der Waals surface area contributed by atoms with Crippen LogP contribution in [0.4, 0.5) is 5.69 Å². The number of benzene rings is 1. The van der Waals surface area contributed by atoms with Crippen molar-refractivity contribution < 1.29 is 10.1 Å². The summed E-state index contributed by atoms with van der Waals surface area (Å²) in [5.74, 6) is 0.0616. The zero-order chi connectivity index (χ0) is 21.1. The summed E-state index contributed by atoms with van der Waals surface area (Å²) < 4.78 is 1.76. The number of amides is 1. The molecule has 1 amide bonds. The van der Waals surface area contributed by atoms with E-state index >= 15 is 0 Å². The molecule has 0 saturated carbocycles. The molecule has 7 heteroatoms. The van der Waals surface area contributed by atoms with Crippen LogP contribution in [0.5, 0.6) is 0 Å². The predicted molar refractivity (Wildman–Crippen MR) is 114 cm³/mol. The summed E-state index contributed by atoms with van der Waals surface area (Å²) in [4.78, 5) is 19.3. The lowest BCUT2D eigenvalue weighted by Crippen LogP contribution is -2.73. The van der Waals surface area contributed by atoms with Crippen molar-refractivity contribution in [1.82, 2.24) is 14.3 Å². The van der Waals surface area contributed by atoms with E-state index in [-0.39, 0.29) is 5.91 Å². The number of imidazole rings is 1. The van der Waals surface area contributed by atoms with Gasteiger partial charge in [-0.25, -0.2) is 4.98 Å². The monoisotopic (exact) mass is 401 g/mol. The van der Waals surface area contributed by atoms with Crippen LogP contribution in [0, 0.1) is 16.7 Å². The van der Waals surface area contributed by atoms with E-state index in [1.54, 1.807) is 28.9 Å². The minimum absolute atomic E-state index is 0.0616. The molecule has 0 spiro atoms. The molecule has 152 valence electrons. The van der Waals surface area contributed by atoms with Gasteiger partial charge < -0.3 is 10.2 Å². The van der Waals surface area contributed by atoms with Crippen LogP contribution in [0.15, 0.2) is 42.7 Å². The van der Waals surface area contributed by atoms with Gasteiger partial charge in [0.1, 0.15) is 17.4 Å². The Bertz CT molecular complexity index is 1150. The first-order chi connectivity index (χ1) is 14.6. The van der Waals surface area contributed by atoms with Gasteiger partial charge >= 0.3 is 0 Å². The van der Waals surface area contributed by atoms with Crippen molar-refractivity contribution in [3.8, 4) is 6.07 Å². The van der Waals surface area contributed by atoms with Crippen LogP contribution in [0.1, 0.15) is 52.9 Å². The third-order valence-electron chi connectivity index (χ3n) is 5.66. The number of carbonyl (C=O) groups excluding carboxylic acids is 1. The number of pyridine rings is 1. The Morgan fingerprint density at radius 1 is 1.17 bits per heavy atom. The molecule has 0 radical (unpaired) electrons. The lowest BCUT2D eigenvalue weighted by atomic mass is 10.0. The number of hydrogen-bond donors (Lipinski definition) is 2. The molecule has 0 unspecified atom stereocenters. The van der Waals surface area contributed by atoms with E-state index in [4.69, 9.17) is 5.41 Å². The Morgan fingerprint density at radius 2 is 1.93 bits per heavy atom. The van der Waals surface area contributed by atoms with Gasteiger partial charge in [-0.1, -0.05) is 12.8 Å². The summed E-state index contributed by atoms with van der Waals surface area (Å²) in [5, 5.41) is 19.9. The number of aromatic nitrogens is 2. The molecule has 0 aliphatic carbocycles. The van der Waals surface area contributed by atoms with Crippen molar-refractivity contribution in [2.45, 2.75) is 25.7 Å². The summed E-state index contributed by atoms with van der Waals surface area (Å²) in [5.41, 5.74) is 4.34. The van der Waals surface area contributed by atoms with E-state index in [1.165, 1.54) is 12.8 Å². The number of nitrogens with one attached hydrogen (secondary N) is 1. The zero-order valence-corrected chi connectivity index (χ0v) is 17.1. The fourth-order valence-electron chi connectivity index (χ4n) is 3.99. The summed E-state index contributed by atoms with van der Waals surface area (Å²) >= 11 is 0. The Balaban J connectivity index is 1.67. The van der Waals surface area contributed by atoms with E-state index in [1.807, 2.05) is 35.5 Å². The second-order valence-electron chi connectivity index (χ2n) is 7.57. The maximum absolute atomic E-state index is 13.0. The van der Waals surface area contributed by atoms with E-state index in [0.717, 1.165) is 37.2 Å². The van der Waals surface area contributed by atoms with Crippen molar-refractivity contribution in [3.63, 3.8) is 0 Å². The number of quaternary nitrogens is 1. The van der Waals surface area contributed by atoms with Crippen molar-refractivity contribution in [3.05, 3.63) is 65.1 Å². The average molecular weight is 401 g/mol. The molecule has 1 aromatic carbocycles. The molecule has 30 heavy (non-hydrogen) atoms. The first kappa shape index (κ1) is 19.8. The topological polar surface area (TPSA) is 102 Å². The molecule has 3 heterocycles. The number of nitriles is 1. The summed E-state index contributed by atoms with van der Waals surface area (Å²) in [7, 11) is 1.91. The van der Waals surface area contributed by atoms with Crippen LogP contribution in [0.25, 0.3) is 5.65 Å². The Kier molecular flexibility index (Phi) is 5.59. The predicted octanol–water partition coefficient (Wildman–Crippen LogP) is 2.46. The molecule has 2 aromatic heterocycles. The van der Waals surface area contributed by atoms with E-state index in [9.17, 15) is 10.1 Å². The van der Waals surface area contributed by atoms with Crippen LogP contribution in [-0.2, 0) is 0 Å². The number of likely N-dealkylation sites (tertiary alicyclic amines) is 1. The van der Waals surface area contributed by atoms with E-state index < -0.39 is 0 Å². The molecule has 7 nitrogen and oxygen atoms in total. The first-order valence-electron chi connectivity index (χ1n) is 10.3. The van der Waals surface area contributed by atoms with Gasteiger partial charge in [0.2, 0.25) is 0 Å². The molecule has 3 aromatic rings. The fourth-order valence-corrected chi connectivity index (χ4v) is 3.99. The van der Waals surface area contributed by atoms with Gasteiger partial charge in [0.25, 0.3) is 5.91 Å². The number of nitrogens with two attached hydrogens (primary N) is 1. The summed E-state index contributed by atoms with van der Waals surface area (Å²) in [6.45, 7) is 1.62. The van der Waals surface area contributed by atoms with Crippen LogP contribution in [-0.4, -0.2) is 46.0 Å². The first-order valence-corrected chi connectivity index (χ1v) is 10.3. The van der Waals surface area contributed by atoms with Gasteiger partial charge in [-0.2, -0.15) is 5.26 Å². The molecule has 0 bridgehead atoms. The van der Waals surface area contributed by atoms with Crippen molar-refractivity contribution >= 4 is 23.0 Å². The van der Waals surface area contributed by atoms with Crippen LogP contribution < -0.4 is 5.32 Å². The molecule has 1 aliphatic rings. The number of nitrogens with zero attached hydrogens (tertiary/aromatic N) is 4. The van der Waals surface area contributed by atoms with Crippen molar-refractivity contribution in [2.24, 2.45) is 0 Å². The maximum atomic E-state index is 13.0. The van der Waals surface area contributed by atoms with Gasteiger partial charge in [0.15, 0.2) is 0 Å². The number of rotatable bonds is 4. The Hall–Kier alpha value is -3.50. The zero-order valence-electron chi connectivity index (χ0n) is 17.1. The average Bonchev–Trinajstić information content (AvgIpc) is 3.01. The normalized spacial score (nSPS) is 14.3. The lowest BCUT2D eigenvalue weighted by Gasteiger charge is -2.20. The largest absolute Gasteiger partial charge is 0.339 e. The molecule has 1 saturated heterocycles. The minimum Gasteiger partial charge on any atom is -0.339 e. The lowest BCUT2D eigenvalue weighted by molar-refractivity contribution is -0.539. The molecule has 4 rings (SSSR count). The number of carbonyl (C=O) groups is 1. The van der Waals surface area contributed by atoms with Crippen LogP contribution in [0.2, 0.25) is 0 Å². The van der Waals surface area contributed by atoms with Gasteiger partial charge in [-0.15, -0.1) is 0 Å². The standard InChI is InChI=1S/C23H24N6O/c1-26-19-12-17(23(30)28-10-4-2-3-5-11-28)7-8-18(19)22(25)20-14-27-21-9-6-16(13-24)15-29(20)21/h6-9,12,14-15,25-26H,2-5,10-11H2,1H3/p+1. The van der Waals surface area contributed by atoms with Gasteiger partial charge in [0, 0.05) is 30.9 Å². The highest BCUT2D eigenvalue weighted by Crippen LogP contribution is 2.21. The number of hydrogen-bond acceptors (Lipinski definition) is 4. The molecule has 1 fully saturated rings.